The summed E-state index contributed by atoms with van der Waals surface area (Å²) in [6.45, 7) is 1.79. The van der Waals surface area contributed by atoms with Crippen molar-refractivity contribution in [1.29, 1.82) is 0 Å². The highest BCUT2D eigenvalue weighted by atomic mass is 35.5. The number of ketones is 1. The lowest BCUT2D eigenvalue weighted by Crippen LogP contribution is -2.26. The number of carboxylic acids is 1. The minimum atomic E-state index is -1.09. The SMILES string of the molecule is CCC(Oc1ccc(C(=O)c2ccc(O)c(CN)c2)cc1Cl)C(=O)O.Cl. The summed E-state index contributed by atoms with van der Waals surface area (Å²) in [6.07, 6.45) is -0.731. The number of carboxylic acid groups (broad SMARTS) is 1. The number of rotatable bonds is 7. The molecule has 0 aliphatic carbocycles. The van der Waals surface area contributed by atoms with E-state index in [9.17, 15) is 14.7 Å². The van der Waals surface area contributed by atoms with Gasteiger partial charge in [0.2, 0.25) is 0 Å². The lowest BCUT2D eigenvalue weighted by molar-refractivity contribution is -0.145. The number of aliphatic carboxylic acids is 1. The molecule has 0 saturated heterocycles. The summed E-state index contributed by atoms with van der Waals surface area (Å²) in [5.74, 6) is -1.16. The Balaban J connectivity index is 0.00000338. The van der Waals surface area contributed by atoms with Gasteiger partial charge in [0.1, 0.15) is 11.5 Å². The number of halogens is 2. The number of ether oxygens (including phenoxy) is 1. The molecule has 0 radical (unpaired) electrons. The van der Waals surface area contributed by atoms with Crippen LogP contribution in [0.4, 0.5) is 0 Å². The average Bonchev–Trinajstić information content (AvgIpc) is 2.60. The van der Waals surface area contributed by atoms with Gasteiger partial charge >= 0.3 is 5.97 Å². The average molecular weight is 400 g/mol. The highest BCUT2D eigenvalue weighted by Gasteiger charge is 2.19. The van der Waals surface area contributed by atoms with E-state index in [2.05, 4.69) is 0 Å². The number of hydrogen-bond acceptors (Lipinski definition) is 5. The van der Waals surface area contributed by atoms with Crippen LogP contribution in [0.1, 0.15) is 34.8 Å². The fourth-order valence-corrected chi connectivity index (χ4v) is 2.48. The van der Waals surface area contributed by atoms with Crippen LogP contribution in [0.25, 0.3) is 0 Å². The van der Waals surface area contributed by atoms with E-state index < -0.39 is 12.1 Å². The van der Waals surface area contributed by atoms with E-state index >= 15 is 0 Å². The van der Waals surface area contributed by atoms with Crippen LogP contribution < -0.4 is 10.5 Å². The van der Waals surface area contributed by atoms with Crippen molar-refractivity contribution >= 4 is 35.8 Å². The van der Waals surface area contributed by atoms with E-state index in [4.69, 9.17) is 27.2 Å². The minimum absolute atomic E-state index is 0. The lowest BCUT2D eigenvalue weighted by atomic mass is 10.0. The highest BCUT2D eigenvalue weighted by molar-refractivity contribution is 6.32. The van der Waals surface area contributed by atoms with Crippen LogP contribution in [0.15, 0.2) is 36.4 Å². The van der Waals surface area contributed by atoms with Crippen LogP contribution in [0, 0.1) is 0 Å². The zero-order valence-corrected chi connectivity index (χ0v) is 15.5. The Kier molecular flexibility index (Phi) is 7.89. The quantitative estimate of drug-likeness (QED) is 0.615. The molecule has 0 fully saturated rings. The summed E-state index contributed by atoms with van der Waals surface area (Å²) >= 11 is 6.12. The molecule has 0 heterocycles. The van der Waals surface area contributed by atoms with Gasteiger partial charge in [-0.05, 0) is 42.8 Å². The Morgan fingerprint density at radius 2 is 1.81 bits per heavy atom. The monoisotopic (exact) mass is 399 g/mol. The second-order valence-electron chi connectivity index (χ2n) is 5.37. The van der Waals surface area contributed by atoms with E-state index in [1.165, 1.54) is 36.4 Å². The van der Waals surface area contributed by atoms with Gasteiger partial charge in [0.25, 0.3) is 0 Å². The van der Waals surface area contributed by atoms with Gasteiger partial charge in [-0.2, -0.15) is 0 Å². The second-order valence-corrected chi connectivity index (χ2v) is 5.78. The molecule has 2 aromatic rings. The molecule has 26 heavy (non-hydrogen) atoms. The molecule has 2 aromatic carbocycles. The van der Waals surface area contributed by atoms with Crippen LogP contribution in [0.5, 0.6) is 11.5 Å². The number of phenols is 1. The Labute approximate surface area is 161 Å². The molecule has 0 saturated carbocycles. The summed E-state index contributed by atoms with van der Waals surface area (Å²) in [7, 11) is 0. The van der Waals surface area contributed by atoms with Gasteiger partial charge in [0.05, 0.1) is 5.02 Å². The van der Waals surface area contributed by atoms with Crippen molar-refractivity contribution in [3.63, 3.8) is 0 Å². The number of hydrogen-bond donors (Lipinski definition) is 3. The van der Waals surface area contributed by atoms with E-state index in [-0.39, 0.29) is 47.7 Å². The van der Waals surface area contributed by atoms with Crippen molar-refractivity contribution in [1.82, 2.24) is 0 Å². The van der Waals surface area contributed by atoms with Gasteiger partial charge in [0.15, 0.2) is 11.9 Å². The zero-order valence-electron chi connectivity index (χ0n) is 13.9. The Morgan fingerprint density at radius 3 is 2.35 bits per heavy atom. The molecule has 1 unspecified atom stereocenters. The normalized spacial score (nSPS) is 11.3. The first-order valence-corrected chi connectivity index (χ1v) is 8.00. The predicted octanol–water partition coefficient (Wildman–Crippen LogP) is 3.40. The smallest absolute Gasteiger partial charge is 0.344 e. The molecule has 0 bridgehead atoms. The number of aromatic hydroxyl groups is 1. The molecule has 8 heteroatoms. The Morgan fingerprint density at radius 1 is 1.19 bits per heavy atom. The molecule has 0 aromatic heterocycles. The Hall–Kier alpha value is -2.28. The van der Waals surface area contributed by atoms with Crippen LogP contribution in [0.3, 0.4) is 0 Å². The maximum absolute atomic E-state index is 12.6. The van der Waals surface area contributed by atoms with Crippen LogP contribution in [-0.2, 0) is 11.3 Å². The van der Waals surface area contributed by atoms with Gasteiger partial charge in [-0.25, -0.2) is 4.79 Å². The molecule has 0 amide bonds. The van der Waals surface area contributed by atoms with Crippen molar-refractivity contribution in [3.8, 4) is 11.5 Å². The molecule has 2 rings (SSSR count). The molecule has 4 N–H and O–H groups in total. The molecule has 0 aliphatic heterocycles. The highest BCUT2D eigenvalue weighted by Crippen LogP contribution is 2.28. The van der Waals surface area contributed by atoms with Crippen molar-refractivity contribution < 1.29 is 24.5 Å². The van der Waals surface area contributed by atoms with Crippen LogP contribution in [0.2, 0.25) is 5.02 Å². The van der Waals surface area contributed by atoms with Gasteiger partial charge in [-0.1, -0.05) is 18.5 Å². The fourth-order valence-electron chi connectivity index (χ4n) is 2.26. The largest absolute Gasteiger partial charge is 0.508 e. The summed E-state index contributed by atoms with van der Waals surface area (Å²) < 4.78 is 5.36. The fraction of sp³-hybridized carbons (Fsp3) is 0.222. The summed E-state index contributed by atoms with van der Waals surface area (Å²) in [6, 6.07) is 8.81. The van der Waals surface area contributed by atoms with Crippen LogP contribution >= 0.6 is 24.0 Å². The molecule has 6 nitrogen and oxygen atoms in total. The van der Waals surface area contributed by atoms with E-state index in [0.29, 0.717) is 16.7 Å². The first-order chi connectivity index (χ1) is 11.9. The maximum atomic E-state index is 12.6. The summed E-state index contributed by atoms with van der Waals surface area (Å²) in [5, 5.41) is 18.8. The first kappa shape index (κ1) is 21.8. The van der Waals surface area contributed by atoms with E-state index in [1.54, 1.807) is 6.92 Å². The van der Waals surface area contributed by atoms with Gasteiger partial charge in [-0.15, -0.1) is 12.4 Å². The third kappa shape index (κ3) is 4.88. The topological polar surface area (TPSA) is 110 Å². The number of benzene rings is 2. The standard InChI is InChI=1S/C18H18ClNO5.ClH/c1-2-15(18(23)24)25-16-6-4-11(8-13(16)19)17(22)10-3-5-14(21)12(7-10)9-20;/h3-8,15,21H,2,9,20H2,1H3,(H,23,24);1H. The summed E-state index contributed by atoms with van der Waals surface area (Å²) in [5.41, 5.74) is 6.67. The summed E-state index contributed by atoms with van der Waals surface area (Å²) in [4.78, 5) is 23.6. The first-order valence-electron chi connectivity index (χ1n) is 7.63. The molecule has 0 aliphatic rings. The number of carbonyl (C=O) groups is 2. The predicted molar refractivity (Wildman–Crippen MR) is 100 cm³/mol. The number of phenolic OH excluding ortho intramolecular Hbond substituents is 1. The van der Waals surface area contributed by atoms with Crippen molar-refractivity contribution in [2.45, 2.75) is 26.0 Å². The van der Waals surface area contributed by atoms with Crippen molar-refractivity contribution in [3.05, 3.63) is 58.1 Å². The van der Waals surface area contributed by atoms with Crippen LogP contribution in [-0.4, -0.2) is 28.1 Å². The minimum Gasteiger partial charge on any atom is -0.508 e. The van der Waals surface area contributed by atoms with Gasteiger partial charge in [-0.3, -0.25) is 4.79 Å². The van der Waals surface area contributed by atoms with Gasteiger partial charge < -0.3 is 20.7 Å². The van der Waals surface area contributed by atoms with E-state index in [1.807, 2.05) is 0 Å². The third-order valence-corrected chi connectivity index (χ3v) is 3.97. The second kappa shape index (κ2) is 9.43. The Bertz CT molecular complexity index is 810. The lowest BCUT2D eigenvalue weighted by Gasteiger charge is -2.15. The molecule has 140 valence electrons. The molecule has 0 spiro atoms. The van der Waals surface area contributed by atoms with Crippen molar-refractivity contribution in [2.24, 2.45) is 5.73 Å². The zero-order chi connectivity index (χ0) is 18.6. The van der Waals surface area contributed by atoms with Crippen molar-refractivity contribution in [2.75, 3.05) is 0 Å². The van der Waals surface area contributed by atoms with Gasteiger partial charge in [0, 0.05) is 23.2 Å². The molecular formula is C18H19Cl2NO5. The molecule has 1 atom stereocenters. The maximum Gasteiger partial charge on any atom is 0.344 e. The number of nitrogens with two attached hydrogens (primary N) is 1. The third-order valence-electron chi connectivity index (χ3n) is 3.67. The number of carbonyl (C=O) groups excluding carboxylic acids is 1. The molecular weight excluding hydrogens is 381 g/mol. The van der Waals surface area contributed by atoms with E-state index in [0.717, 1.165) is 0 Å².